The van der Waals surface area contributed by atoms with E-state index < -0.39 is 5.91 Å². The minimum Gasteiger partial charge on any atom is -0.378 e. The van der Waals surface area contributed by atoms with E-state index in [1.54, 1.807) is 6.07 Å². The summed E-state index contributed by atoms with van der Waals surface area (Å²) in [5, 5.41) is 6.11. The molecule has 10 nitrogen and oxygen atoms in total. The fourth-order valence-electron chi connectivity index (χ4n) is 4.85. The van der Waals surface area contributed by atoms with Crippen molar-refractivity contribution in [3.8, 4) is 0 Å². The quantitative estimate of drug-likeness (QED) is 0.417. The largest absolute Gasteiger partial charge is 0.378 e. The fourth-order valence-corrected chi connectivity index (χ4v) is 6.03. The maximum absolute atomic E-state index is 13.7. The highest BCUT2D eigenvalue weighted by Crippen LogP contribution is 2.31. The van der Waals surface area contributed by atoms with Crippen LogP contribution in [0, 0.1) is 0 Å². The number of piperazine rings is 1. The fraction of sp³-hybridized carbons (Fsp3) is 0.360. The number of morpholine rings is 1. The molecule has 0 atom stereocenters. The number of carbonyl (C=O) groups excluding carboxylic acids is 2. The van der Waals surface area contributed by atoms with Crippen molar-refractivity contribution in [2.45, 2.75) is 0 Å². The molecule has 1 aromatic carbocycles. The van der Waals surface area contributed by atoms with Crippen LogP contribution in [-0.4, -0.2) is 85.1 Å². The lowest BCUT2D eigenvalue weighted by Gasteiger charge is -2.28. The molecule has 2 saturated heterocycles. The van der Waals surface area contributed by atoms with E-state index >= 15 is 0 Å². The first-order valence-electron chi connectivity index (χ1n) is 12.1. The predicted molar refractivity (Wildman–Crippen MR) is 139 cm³/mol. The van der Waals surface area contributed by atoms with Crippen molar-refractivity contribution >= 4 is 55.0 Å². The Morgan fingerprint density at radius 3 is 2.78 bits per heavy atom. The SMILES string of the molecule is O=C1CN(CCNC(=O)c2c(=O)c3ccc(N4CCOCC4)nc3n3c2sc2ccccc23)CCN1. The second-order valence-electron chi connectivity index (χ2n) is 8.94. The number of carbonyl (C=O) groups is 2. The second-order valence-corrected chi connectivity index (χ2v) is 9.97. The zero-order valence-electron chi connectivity index (χ0n) is 19.7. The maximum Gasteiger partial charge on any atom is 0.258 e. The number of nitrogens with zero attached hydrogens (tertiary/aromatic N) is 4. The van der Waals surface area contributed by atoms with Crippen molar-refractivity contribution in [2.24, 2.45) is 0 Å². The van der Waals surface area contributed by atoms with Gasteiger partial charge in [-0.3, -0.25) is 23.7 Å². The number of aromatic nitrogens is 2. The number of para-hydroxylation sites is 1. The summed E-state index contributed by atoms with van der Waals surface area (Å²) in [5.74, 6) is 0.359. The van der Waals surface area contributed by atoms with Crippen molar-refractivity contribution in [2.75, 3.05) is 63.9 Å². The molecule has 186 valence electrons. The van der Waals surface area contributed by atoms with Gasteiger partial charge in [-0.25, -0.2) is 4.98 Å². The zero-order chi connectivity index (χ0) is 24.6. The van der Waals surface area contributed by atoms with Crippen molar-refractivity contribution in [3.05, 3.63) is 52.2 Å². The van der Waals surface area contributed by atoms with Crippen LogP contribution >= 0.6 is 11.3 Å². The van der Waals surface area contributed by atoms with Gasteiger partial charge in [0.25, 0.3) is 5.91 Å². The molecule has 4 aromatic rings. The molecule has 2 aliphatic heterocycles. The van der Waals surface area contributed by atoms with Gasteiger partial charge >= 0.3 is 0 Å². The molecule has 0 radical (unpaired) electrons. The van der Waals surface area contributed by atoms with Gasteiger partial charge in [0.1, 0.15) is 16.2 Å². The standard InChI is InChI=1S/C25H26N6O4S/c32-20-15-29(9-7-26-20)10-8-27-24(34)21-22(33)16-5-6-19(30-11-13-35-14-12-30)28-23(16)31-17-3-1-2-4-18(17)36-25(21)31/h1-6H,7-15H2,(H,26,32)(H,27,34). The van der Waals surface area contributed by atoms with Gasteiger partial charge < -0.3 is 20.3 Å². The molecule has 2 fully saturated rings. The Morgan fingerprint density at radius 1 is 1.11 bits per heavy atom. The van der Waals surface area contributed by atoms with Crippen LogP contribution in [-0.2, 0) is 9.53 Å². The van der Waals surface area contributed by atoms with Gasteiger partial charge in [0.15, 0.2) is 5.65 Å². The first-order chi connectivity index (χ1) is 17.6. The Labute approximate surface area is 210 Å². The van der Waals surface area contributed by atoms with Crippen molar-refractivity contribution in [1.29, 1.82) is 0 Å². The van der Waals surface area contributed by atoms with E-state index in [-0.39, 0.29) is 16.9 Å². The number of hydrogen-bond acceptors (Lipinski definition) is 8. The number of fused-ring (bicyclic) bond motifs is 5. The summed E-state index contributed by atoms with van der Waals surface area (Å²) in [7, 11) is 0. The predicted octanol–water partition coefficient (Wildman–Crippen LogP) is 1.06. The molecule has 5 heterocycles. The minimum atomic E-state index is -0.412. The molecule has 2 N–H and O–H groups in total. The van der Waals surface area contributed by atoms with Crippen LogP contribution in [0.15, 0.2) is 41.2 Å². The average molecular weight is 507 g/mol. The molecule has 2 amide bonds. The summed E-state index contributed by atoms with van der Waals surface area (Å²) in [5.41, 5.74) is 1.25. The van der Waals surface area contributed by atoms with E-state index in [4.69, 9.17) is 9.72 Å². The van der Waals surface area contributed by atoms with E-state index in [1.165, 1.54) is 11.3 Å². The summed E-state index contributed by atoms with van der Waals surface area (Å²) in [6.45, 7) is 5.27. The van der Waals surface area contributed by atoms with Crippen LogP contribution < -0.4 is 21.0 Å². The minimum absolute atomic E-state index is 0.0173. The lowest BCUT2D eigenvalue weighted by molar-refractivity contribution is -0.124. The smallest absolute Gasteiger partial charge is 0.258 e. The van der Waals surface area contributed by atoms with E-state index in [9.17, 15) is 14.4 Å². The topological polar surface area (TPSA) is 108 Å². The van der Waals surface area contributed by atoms with Crippen LogP contribution in [0.25, 0.3) is 26.1 Å². The number of thiazole rings is 1. The van der Waals surface area contributed by atoms with Gasteiger partial charge in [0.2, 0.25) is 11.3 Å². The summed E-state index contributed by atoms with van der Waals surface area (Å²) >= 11 is 1.41. The van der Waals surface area contributed by atoms with Gasteiger partial charge in [0, 0.05) is 39.3 Å². The third-order valence-corrected chi connectivity index (χ3v) is 7.81. The third kappa shape index (κ3) is 4.08. The highest BCUT2D eigenvalue weighted by atomic mass is 32.1. The van der Waals surface area contributed by atoms with Gasteiger partial charge in [-0.1, -0.05) is 12.1 Å². The lowest BCUT2D eigenvalue weighted by atomic mass is 10.1. The molecule has 3 aromatic heterocycles. The Hall–Kier alpha value is -3.54. The summed E-state index contributed by atoms with van der Waals surface area (Å²) in [6, 6.07) is 11.5. The number of nitrogens with one attached hydrogen (secondary N) is 2. The zero-order valence-corrected chi connectivity index (χ0v) is 20.5. The van der Waals surface area contributed by atoms with E-state index in [0.29, 0.717) is 55.3 Å². The lowest BCUT2D eigenvalue weighted by Crippen LogP contribution is -2.49. The van der Waals surface area contributed by atoms with Crippen molar-refractivity contribution < 1.29 is 14.3 Å². The van der Waals surface area contributed by atoms with Crippen molar-refractivity contribution in [3.63, 3.8) is 0 Å². The second kappa shape index (κ2) is 9.49. The Morgan fingerprint density at radius 2 is 1.94 bits per heavy atom. The maximum atomic E-state index is 13.7. The number of benzene rings is 1. The summed E-state index contributed by atoms with van der Waals surface area (Å²) in [4.78, 5) is 48.3. The van der Waals surface area contributed by atoms with Crippen LogP contribution in [0.3, 0.4) is 0 Å². The van der Waals surface area contributed by atoms with E-state index in [1.807, 2.05) is 39.6 Å². The molecule has 11 heteroatoms. The molecule has 0 unspecified atom stereocenters. The molecule has 0 spiro atoms. The number of anilines is 1. The monoisotopic (exact) mass is 506 g/mol. The molecule has 0 aliphatic carbocycles. The molecular formula is C25H26N6O4S. The molecule has 36 heavy (non-hydrogen) atoms. The van der Waals surface area contributed by atoms with E-state index in [0.717, 1.165) is 35.7 Å². The van der Waals surface area contributed by atoms with Crippen LogP contribution in [0.2, 0.25) is 0 Å². The van der Waals surface area contributed by atoms with Crippen LogP contribution in [0.1, 0.15) is 10.4 Å². The molecule has 2 aliphatic rings. The Kier molecular flexibility index (Phi) is 6.04. The van der Waals surface area contributed by atoms with Gasteiger partial charge in [0.05, 0.1) is 35.4 Å². The average Bonchev–Trinajstić information content (AvgIpc) is 3.28. The van der Waals surface area contributed by atoms with Gasteiger partial charge in [-0.15, -0.1) is 11.3 Å². The highest BCUT2D eigenvalue weighted by Gasteiger charge is 2.24. The van der Waals surface area contributed by atoms with Crippen LogP contribution in [0.5, 0.6) is 0 Å². The number of hydrogen-bond donors (Lipinski definition) is 2. The molecule has 0 saturated carbocycles. The summed E-state index contributed by atoms with van der Waals surface area (Å²) < 4.78 is 8.38. The third-order valence-electron chi connectivity index (χ3n) is 6.67. The molecule has 0 bridgehead atoms. The molecule has 6 rings (SSSR count). The first kappa shape index (κ1) is 22.9. The Balaban J connectivity index is 1.41. The van der Waals surface area contributed by atoms with Crippen molar-refractivity contribution in [1.82, 2.24) is 24.9 Å². The number of pyridine rings is 2. The first-order valence-corrected chi connectivity index (χ1v) is 12.9. The van der Waals surface area contributed by atoms with Gasteiger partial charge in [-0.05, 0) is 24.3 Å². The van der Waals surface area contributed by atoms with Crippen LogP contribution in [0.4, 0.5) is 5.82 Å². The number of amides is 2. The van der Waals surface area contributed by atoms with E-state index in [2.05, 4.69) is 15.5 Å². The normalized spacial score (nSPS) is 17.1. The summed E-state index contributed by atoms with van der Waals surface area (Å²) in [6.07, 6.45) is 0. The number of rotatable bonds is 5. The highest BCUT2D eigenvalue weighted by molar-refractivity contribution is 7.24. The number of ether oxygens (including phenoxy) is 1. The van der Waals surface area contributed by atoms with Gasteiger partial charge in [-0.2, -0.15) is 0 Å². The Bertz CT molecular complexity index is 1540. The molecular weight excluding hydrogens is 480 g/mol.